The summed E-state index contributed by atoms with van der Waals surface area (Å²) >= 11 is 0. The van der Waals surface area contributed by atoms with Gasteiger partial charge in [-0.05, 0) is 24.1 Å². The lowest BCUT2D eigenvalue weighted by Gasteiger charge is -2.33. The number of piperazine rings is 1. The van der Waals surface area contributed by atoms with Crippen molar-refractivity contribution in [2.24, 2.45) is 0 Å². The number of aliphatic carboxylic acids is 1. The SMILES string of the molecule is CCc1ccc(N2CCNC(C(=O)O)C2)c(F)c1. The van der Waals surface area contributed by atoms with Gasteiger partial charge in [0.05, 0.1) is 5.69 Å². The summed E-state index contributed by atoms with van der Waals surface area (Å²) < 4.78 is 13.9. The minimum Gasteiger partial charge on any atom is -0.480 e. The smallest absolute Gasteiger partial charge is 0.322 e. The fourth-order valence-corrected chi connectivity index (χ4v) is 2.16. The second-order valence-corrected chi connectivity index (χ2v) is 4.43. The van der Waals surface area contributed by atoms with Crippen LogP contribution in [0.3, 0.4) is 0 Å². The Hall–Kier alpha value is -1.62. The average Bonchev–Trinajstić information content (AvgIpc) is 2.38. The summed E-state index contributed by atoms with van der Waals surface area (Å²) in [5, 5.41) is 11.9. The van der Waals surface area contributed by atoms with Crippen molar-refractivity contribution in [3.8, 4) is 0 Å². The van der Waals surface area contributed by atoms with E-state index in [-0.39, 0.29) is 12.4 Å². The first-order valence-electron chi connectivity index (χ1n) is 6.11. The number of rotatable bonds is 3. The van der Waals surface area contributed by atoms with E-state index in [1.165, 1.54) is 6.07 Å². The maximum Gasteiger partial charge on any atom is 0.322 e. The number of nitrogens with zero attached hydrogens (tertiary/aromatic N) is 1. The fraction of sp³-hybridized carbons (Fsp3) is 0.462. The van der Waals surface area contributed by atoms with Crippen molar-refractivity contribution in [2.45, 2.75) is 19.4 Å². The molecule has 0 bridgehead atoms. The number of anilines is 1. The molecule has 0 spiro atoms. The Kier molecular flexibility index (Phi) is 3.81. The predicted molar refractivity (Wildman–Crippen MR) is 67.4 cm³/mol. The number of hydrogen-bond donors (Lipinski definition) is 2. The predicted octanol–water partition coefficient (Wildman–Crippen LogP) is 1.25. The number of carboxylic acid groups (broad SMARTS) is 1. The van der Waals surface area contributed by atoms with Gasteiger partial charge in [0.2, 0.25) is 0 Å². The normalized spacial score (nSPS) is 19.9. The van der Waals surface area contributed by atoms with Gasteiger partial charge < -0.3 is 15.3 Å². The molecule has 2 rings (SSSR count). The second kappa shape index (κ2) is 5.35. The maximum absolute atomic E-state index is 13.9. The van der Waals surface area contributed by atoms with Crippen LogP contribution >= 0.6 is 0 Å². The van der Waals surface area contributed by atoms with Gasteiger partial charge in [-0.3, -0.25) is 4.79 Å². The summed E-state index contributed by atoms with van der Waals surface area (Å²) in [5.41, 5.74) is 1.43. The molecular formula is C13H17FN2O2. The summed E-state index contributed by atoms with van der Waals surface area (Å²) in [6.45, 7) is 3.43. The van der Waals surface area contributed by atoms with E-state index in [9.17, 15) is 9.18 Å². The molecule has 2 N–H and O–H groups in total. The fourth-order valence-electron chi connectivity index (χ4n) is 2.16. The van der Waals surface area contributed by atoms with E-state index < -0.39 is 12.0 Å². The van der Waals surface area contributed by atoms with E-state index in [0.717, 1.165) is 12.0 Å². The minimum atomic E-state index is -0.898. The van der Waals surface area contributed by atoms with Gasteiger partial charge in [0.1, 0.15) is 11.9 Å². The van der Waals surface area contributed by atoms with Crippen molar-refractivity contribution >= 4 is 11.7 Å². The lowest BCUT2D eigenvalue weighted by atomic mass is 10.1. The highest BCUT2D eigenvalue weighted by molar-refractivity contribution is 5.75. The highest BCUT2D eigenvalue weighted by Gasteiger charge is 2.26. The number of benzene rings is 1. The number of aryl methyl sites for hydroxylation is 1. The Balaban J connectivity index is 2.18. The van der Waals surface area contributed by atoms with Gasteiger partial charge in [-0.15, -0.1) is 0 Å². The zero-order chi connectivity index (χ0) is 13.1. The zero-order valence-corrected chi connectivity index (χ0v) is 10.3. The Bertz CT molecular complexity index is 451. The van der Waals surface area contributed by atoms with E-state index in [1.807, 2.05) is 13.0 Å². The standard InChI is InChI=1S/C13H17FN2O2/c1-2-9-3-4-12(10(14)7-9)16-6-5-15-11(8-16)13(17)18/h3-4,7,11,15H,2,5-6,8H2,1H3,(H,17,18). The summed E-state index contributed by atoms with van der Waals surface area (Å²) in [5.74, 6) is -1.18. The molecule has 5 heteroatoms. The number of carbonyl (C=O) groups is 1. The van der Waals surface area contributed by atoms with Crippen molar-refractivity contribution in [2.75, 3.05) is 24.5 Å². The number of nitrogens with one attached hydrogen (secondary N) is 1. The van der Waals surface area contributed by atoms with Gasteiger partial charge in [-0.2, -0.15) is 0 Å². The van der Waals surface area contributed by atoms with Gasteiger partial charge in [0.25, 0.3) is 0 Å². The Morgan fingerprint density at radius 3 is 3.00 bits per heavy atom. The van der Waals surface area contributed by atoms with Crippen LogP contribution in [0.15, 0.2) is 18.2 Å². The molecule has 0 aromatic heterocycles. The van der Waals surface area contributed by atoms with Crippen LogP contribution in [0.1, 0.15) is 12.5 Å². The summed E-state index contributed by atoms with van der Waals surface area (Å²) in [4.78, 5) is 12.7. The molecule has 0 amide bonds. The van der Waals surface area contributed by atoms with Gasteiger partial charge >= 0.3 is 5.97 Å². The van der Waals surface area contributed by atoms with Gasteiger partial charge in [-0.25, -0.2) is 4.39 Å². The first-order chi connectivity index (χ1) is 8.61. The van der Waals surface area contributed by atoms with Crippen LogP contribution in [0.2, 0.25) is 0 Å². The molecule has 1 aliphatic rings. The van der Waals surface area contributed by atoms with Crippen LogP contribution in [0.4, 0.5) is 10.1 Å². The molecule has 1 aromatic carbocycles. The number of halogens is 1. The molecule has 1 aliphatic heterocycles. The van der Waals surface area contributed by atoms with E-state index in [2.05, 4.69) is 5.32 Å². The zero-order valence-electron chi connectivity index (χ0n) is 10.3. The first kappa shape index (κ1) is 12.8. The second-order valence-electron chi connectivity index (χ2n) is 4.43. The summed E-state index contributed by atoms with van der Waals surface area (Å²) in [6.07, 6.45) is 0.788. The monoisotopic (exact) mass is 252 g/mol. The highest BCUT2D eigenvalue weighted by Crippen LogP contribution is 2.22. The third-order valence-electron chi connectivity index (χ3n) is 3.23. The Morgan fingerprint density at radius 1 is 1.61 bits per heavy atom. The van der Waals surface area contributed by atoms with Crippen LogP contribution < -0.4 is 10.2 Å². The van der Waals surface area contributed by atoms with E-state index in [4.69, 9.17) is 5.11 Å². The molecule has 98 valence electrons. The molecule has 0 aliphatic carbocycles. The van der Waals surface area contributed by atoms with Crippen LogP contribution in [0, 0.1) is 5.82 Å². The highest BCUT2D eigenvalue weighted by atomic mass is 19.1. The summed E-state index contributed by atoms with van der Waals surface area (Å²) in [6, 6.07) is 4.51. The van der Waals surface area contributed by atoms with Crippen LogP contribution in [0.5, 0.6) is 0 Å². The molecular weight excluding hydrogens is 235 g/mol. The third-order valence-corrected chi connectivity index (χ3v) is 3.23. The van der Waals surface area contributed by atoms with Crippen molar-refractivity contribution in [3.63, 3.8) is 0 Å². The van der Waals surface area contributed by atoms with Gasteiger partial charge in [0.15, 0.2) is 0 Å². The quantitative estimate of drug-likeness (QED) is 0.850. The van der Waals surface area contributed by atoms with E-state index in [0.29, 0.717) is 18.8 Å². The molecule has 1 heterocycles. The van der Waals surface area contributed by atoms with Gasteiger partial charge in [0, 0.05) is 19.6 Å². The minimum absolute atomic E-state index is 0.277. The van der Waals surface area contributed by atoms with Crippen molar-refractivity contribution in [1.29, 1.82) is 0 Å². The molecule has 1 saturated heterocycles. The lowest BCUT2D eigenvalue weighted by molar-refractivity contribution is -0.139. The van der Waals surface area contributed by atoms with Gasteiger partial charge in [-0.1, -0.05) is 13.0 Å². The number of carboxylic acids is 1. The van der Waals surface area contributed by atoms with Crippen molar-refractivity contribution in [1.82, 2.24) is 5.32 Å². The topological polar surface area (TPSA) is 52.6 Å². The Morgan fingerprint density at radius 2 is 2.39 bits per heavy atom. The summed E-state index contributed by atoms with van der Waals surface area (Å²) in [7, 11) is 0. The van der Waals surface area contributed by atoms with Crippen molar-refractivity contribution in [3.05, 3.63) is 29.6 Å². The molecule has 18 heavy (non-hydrogen) atoms. The third kappa shape index (κ3) is 2.61. The number of hydrogen-bond acceptors (Lipinski definition) is 3. The Labute approximate surface area is 105 Å². The molecule has 1 unspecified atom stereocenters. The maximum atomic E-state index is 13.9. The molecule has 1 aromatic rings. The van der Waals surface area contributed by atoms with Crippen LogP contribution in [-0.4, -0.2) is 36.8 Å². The molecule has 4 nitrogen and oxygen atoms in total. The molecule has 1 fully saturated rings. The van der Waals surface area contributed by atoms with Crippen LogP contribution in [-0.2, 0) is 11.2 Å². The first-order valence-corrected chi connectivity index (χ1v) is 6.11. The van der Waals surface area contributed by atoms with E-state index >= 15 is 0 Å². The molecule has 0 radical (unpaired) electrons. The molecule has 0 saturated carbocycles. The largest absolute Gasteiger partial charge is 0.480 e. The van der Waals surface area contributed by atoms with Crippen LogP contribution in [0.25, 0.3) is 0 Å². The van der Waals surface area contributed by atoms with E-state index in [1.54, 1.807) is 11.0 Å². The average molecular weight is 252 g/mol. The lowest BCUT2D eigenvalue weighted by Crippen LogP contribution is -2.54. The van der Waals surface area contributed by atoms with Crippen molar-refractivity contribution < 1.29 is 14.3 Å². The molecule has 1 atom stereocenters.